The molecule has 0 radical (unpaired) electrons. The van der Waals surface area contributed by atoms with Crippen LogP contribution in [-0.2, 0) is 38.4 Å². The molecule has 0 amide bonds. The molecular formula is C67H73BBrCl3N14O4. The number of morpholine rings is 2. The van der Waals surface area contributed by atoms with Crippen LogP contribution >= 0.6 is 50.7 Å². The maximum absolute atomic E-state index is 6.13. The highest BCUT2D eigenvalue weighted by Crippen LogP contribution is 2.38. The van der Waals surface area contributed by atoms with Crippen LogP contribution in [0.1, 0.15) is 66.2 Å². The van der Waals surface area contributed by atoms with E-state index in [-0.39, 0.29) is 18.3 Å². The standard InChI is InChI=1S/C25H25ClN6O.C17H23BN2O2.C14H14Cl2N4O.C11H11BrN2/c26-20-4-6-21(7-5-20)27-24-14-23(28-25(29-24)31-9-11-33-12-10-31)18-3-8-22-19(13-18)16-32(30-22)15-17-1-2-17;1-16(2)17(3,4)22-18(21-16)14-7-8-15-13(9-14)11-20(19-15)10-12-5-6-12;15-10-1-3-11(4-2-10)17-13-9-12(16)18-14(19-13)20-5-7-21-8-6-20;12-10-3-4-11-9(5-10)7-14(13-11)6-8-1-2-8/h3-8,13-14,16-17H,1-2,9-12,15H2,(H,27,28,29);7-9,11-12H,5-6,10H2,1-4H3;1-4,9H,5-8H2,(H,17,18,19);3-5,7-8H,1-2,6H2. The molecule has 3 aliphatic heterocycles. The summed E-state index contributed by atoms with van der Waals surface area (Å²) in [5, 5.41) is 25.8. The van der Waals surface area contributed by atoms with Crippen molar-refractivity contribution >= 4 is 131 Å². The smallest absolute Gasteiger partial charge is 0.399 e. The van der Waals surface area contributed by atoms with Crippen LogP contribution < -0.4 is 25.9 Å². The maximum Gasteiger partial charge on any atom is 0.494 e. The number of nitrogens with one attached hydrogen (secondary N) is 2. The number of aromatic nitrogens is 10. The highest BCUT2D eigenvalue weighted by Gasteiger charge is 2.51. The molecule has 466 valence electrons. The van der Waals surface area contributed by atoms with Gasteiger partial charge in [0.2, 0.25) is 11.9 Å². The van der Waals surface area contributed by atoms with E-state index < -0.39 is 0 Å². The predicted molar refractivity (Wildman–Crippen MR) is 364 cm³/mol. The molecule has 3 saturated carbocycles. The van der Waals surface area contributed by atoms with Gasteiger partial charge in [-0.1, -0.05) is 68.9 Å². The number of halogens is 4. The van der Waals surface area contributed by atoms with Crippen LogP contribution in [0.3, 0.4) is 0 Å². The third-order valence-electron chi connectivity index (χ3n) is 17.1. The van der Waals surface area contributed by atoms with Gasteiger partial charge in [-0.2, -0.15) is 25.3 Å². The second-order valence-electron chi connectivity index (χ2n) is 25.0. The number of hydrogen-bond acceptors (Lipinski definition) is 15. The van der Waals surface area contributed by atoms with Crippen molar-refractivity contribution in [2.45, 2.75) is 97.1 Å². The molecule has 5 aromatic heterocycles. The summed E-state index contributed by atoms with van der Waals surface area (Å²) in [7, 11) is -0.304. The average molecular weight is 1340 g/mol. The fraction of sp³-hybridized carbons (Fsp3) is 0.388. The first-order valence-corrected chi connectivity index (χ1v) is 33.1. The van der Waals surface area contributed by atoms with E-state index in [2.05, 4.69) is 165 Å². The third-order valence-corrected chi connectivity index (χ3v) is 18.3. The Bertz CT molecular complexity index is 4090. The minimum atomic E-state index is -0.304. The molecule has 6 aliphatic rings. The maximum atomic E-state index is 6.13. The Labute approximate surface area is 548 Å². The number of ether oxygens (including phenoxy) is 2. The zero-order valence-corrected chi connectivity index (χ0v) is 54.9. The van der Waals surface area contributed by atoms with E-state index >= 15 is 0 Å². The minimum Gasteiger partial charge on any atom is -0.399 e. The Morgan fingerprint density at radius 2 is 0.933 bits per heavy atom. The van der Waals surface area contributed by atoms with Gasteiger partial charge in [0.15, 0.2) is 0 Å². The molecule has 23 heteroatoms. The summed E-state index contributed by atoms with van der Waals surface area (Å²) >= 11 is 21.5. The monoisotopic (exact) mass is 1330 g/mol. The number of anilines is 6. The van der Waals surface area contributed by atoms with Crippen LogP contribution in [0.15, 0.2) is 138 Å². The molecule has 8 heterocycles. The minimum absolute atomic E-state index is 0.303. The van der Waals surface area contributed by atoms with Crippen LogP contribution in [-0.4, -0.2) is 120 Å². The van der Waals surface area contributed by atoms with E-state index in [9.17, 15) is 0 Å². The molecule has 6 fully saturated rings. The van der Waals surface area contributed by atoms with E-state index in [1.165, 1.54) is 43.9 Å². The first kappa shape index (κ1) is 62.0. The normalized spacial score (nSPS) is 17.8. The van der Waals surface area contributed by atoms with Crippen LogP contribution in [0.5, 0.6) is 0 Å². The van der Waals surface area contributed by atoms with Crippen LogP contribution in [0, 0.1) is 17.8 Å². The Morgan fingerprint density at radius 3 is 1.42 bits per heavy atom. The fourth-order valence-electron chi connectivity index (χ4n) is 10.8. The predicted octanol–water partition coefficient (Wildman–Crippen LogP) is 14.5. The van der Waals surface area contributed by atoms with Crippen molar-refractivity contribution in [3.63, 3.8) is 0 Å². The van der Waals surface area contributed by atoms with Crippen LogP contribution in [0.4, 0.5) is 34.9 Å². The van der Waals surface area contributed by atoms with Crippen LogP contribution in [0.25, 0.3) is 44.0 Å². The molecular weight excluding hydrogens is 1260 g/mol. The summed E-state index contributed by atoms with van der Waals surface area (Å²) in [6, 6.07) is 37.5. The van der Waals surface area contributed by atoms with Gasteiger partial charge >= 0.3 is 7.12 Å². The van der Waals surface area contributed by atoms with Crippen molar-refractivity contribution in [3.05, 3.63) is 154 Å². The second-order valence-corrected chi connectivity index (χ2v) is 27.2. The molecule has 18 nitrogen and oxygen atoms in total. The zero-order chi connectivity index (χ0) is 61.9. The summed E-state index contributed by atoms with van der Waals surface area (Å²) in [6.07, 6.45) is 14.5. The number of rotatable bonds is 14. The molecule has 0 atom stereocenters. The zero-order valence-electron chi connectivity index (χ0n) is 51.0. The average Bonchev–Trinajstić information content (AvgIpc) is 3.75. The molecule has 10 aromatic rings. The molecule has 3 saturated heterocycles. The number of benzene rings is 5. The SMILES string of the molecule is Brc1ccc2nn(CC3CC3)cc2c1.CC1(C)OB(c2ccc3nn(CC4CC4)cc3c2)OC1(C)C.Clc1ccc(Nc2cc(-c3ccc4nn(CC5CC5)cc4c3)nc(N3CCOCC3)n2)cc1.Clc1ccc(Nc2cc(Cl)nc(N3CCOCC3)n2)cc1. The molecule has 16 rings (SSSR count). The van der Waals surface area contributed by atoms with Crippen LogP contribution in [0.2, 0.25) is 15.2 Å². The van der Waals surface area contributed by atoms with E-state index in [1.807, 2.05) is 60.7 Å². The van der Waals surface area contributed by atoms with E-state index in [0.717, 1.165) is 129 Å². The molecule has 0 unspecified atom stereocenters. The van der Waals surface area contributed by atoms with E-state index in [1.54, 1.807) is 6.07 Å². The largest absolute Gasteiger partial charge is 0.494 e. The van der Waals surface area contributed by atoms with Gasteiger partial charge in [-0.25, -0.2) is 9.97 Å². The van der Waals surface area contributed by atoms with E-state index in [0.29, 0.717) is 59.3 Å². The summed E-state index contributed by atoms with van der Waals surface area (Å²) in [4.78, 5) is 22.7. The number of hydrogen-bond donors (Lipinski definition) is 2. The van der Waals surface area contributed by atoms with Gasteiger partial charge in [0.25, 0.3) is 0 Å². The molecule has 90 heavy (non-hydrogen) atoms. The summed E-state index contributed by atoms with van der Waals surface area (Å²) in [5.41, 5.74) is 7.35. The van der Waals surface area contributed by atoms with Crippen molar-refractivity contribution in [2.24, 2.45) is 17.8 Å². The summed E-state index contributed by atoms with van der Waals surface area (Å²) in [6.45, 7) is 17.3. The Morgan fingerprint density at radius 1 is 0.500 bits per heavy atom. The highest BCUT2D eigenvalue weighted by molar-refractivity contribution is 9.10. The van der Waals surface area contributed by atoms with Crippen molar-refractivity contribution in [2.75, 3.05) is 73.0 Å². The van der Waals surface area contributed by atoms with Crippen molar-refractivity contribution in [1.82, 2.24) is 49.3 Å². The summed E-state index contributed by atoms with van der Waals surface area (Å²) in [5.74, 6) is 5.22. The first-order chi connectivity index (χ1) is 43.5. The highest BCUT2D eigenvalue weighted by atomic mass is 79.9. The molecule has 3 aliphatic carbocycles. The second kappa shape index (κ2) is 27.1. The van der Waals surface area contributed by atoms with Gasteiger partial charge < -0.3 is 39.2 Å². The quantitative estimate of drug-likeness (QED) is 0.0777. The lowest BCUT2D eigenvalue weighted by Crippen LogP contribution is -2.41. The van der Waals surface area contributed by atoms with Gasteiger partial charge in [-0.15, -0.1) is 0 Å². The third kappa shape index (κ3) is 16.1. The number of nitrogens with zero attached hydrogens (tertiary/aromatic N) is 12. The Balaban J connectivity index is 0.000000115. The Hall–Kier alpha value is -6.88. The lowest BCUT2D eigenvalue weighted by molar-refractivity contribution is 0.00578. The Kier molecular flexibility index (Phi) is 18.7. The van der Waals surface area contributed by atoms with Gasteiger partial charge in [0.05, 0.1) is 59.9 Å². The van der Waals surface area contributed by atoms with E-state index in [4.69, 9.17) is 68.7 Å². The molecule has 0 spiro atoms. The van der Waals surface area contributed by atoms with Gasteiger partial charge in [0, 0.05) is 124 Å². The fourth-order valence-corrected chi connectivity index (χ4v) is 11.6. The first-order valence-electron chi connectivity index (χ1n) is 31.1. The molecule has 2 N–H and O–H groups in total. The van der Waals surface area contributed by atoms with Crippen molar-refractivity contribution in [1.29, 1.82) is 0 Å². The lowest BCUT2D eigenvalue weighted by atomic mass is 9.79. The van der Waals surface area contributed by atoms with Gasteiger partial charge in [-0.3, -0.25) is 14.0 Å². The van der Waals surface area contributed by atoms with Crippen molar-refractivity contribution < 1.29 is 18.8 Å². The number of fused-ring (bicyclic) bond motifs is 3. The van der Waals surface area contributed by atoms with Crippen molar-refractivity contribution in [3.8, 4) is 11.3 Å². The topological polar surface area (TPSA) is 172 Å². The van der Waals surface area contributed by atoms with Gasteiger partial charge in [0.1, 0.15) is 16.8 Å². The lowest BCUT2D eigenvalue weighted by Gasteiger charge is -2.32. The van der Waals surface area contributed by atoms with Gasteiger partial charge in [-0.05, 0) is 174 Å². The molecule has 5 aromatic carbocycles. The summed E-state index contributed by atoms with van der Waals surface area (Å²) < 4.78 is 30.5. The molecule has 0 bridgehead atoms.